The maximum atomic E-state index is 11.9. The molecular weight excluding hydrogens is 324 g/mol. The summed E-state index contributed by atoms with van der Waals surface area (Å²) in [4.78, 5) is 23.4. The standard InChI is InChI=1S/C23H34O3/c1-14(26-15(2)24)19-7-8-20-18-6-5-16-13-17(25)9-11-22(16,3)21(18)10-12-23(19,20)4/h13-14,18-21H,5-12H2,1-4H3/t14-,18+,19-,20+,21-,22+,23-/m1/s1. The van der Waals surface area contributed by atoms with E-state index in [4.69, 9.17) is 4.74 Å². The molecule has 0 aromatic rings. The van der Waals surface area contributed by atoms with Gasteiger partial charge in [0, 0.05) is 19.3 Å². The fourth-order valence-electron chi connectivity index (χ4n) is 7.71. The summed E-state index contributed by atoms with van der Waals surface area (Å²) in [6.45, 7) is 8.55. The molecule has 26 heavy (non-hydrogen) atoms. The van der Waals surface area contributed by atoms with Gasteiger partial charge in [0.25, 0.3) is 0 Å². The number of esters is 1. The highest BCUT2D eigenvalue weighted by Gasteiger charge is 2.59. The molecule has 0 N–H and O–H groups in total. The largest absolute Gasteiger partial charge is 0.463 e. The Hall–Kier alpha value is -1.12. The van der Waals surface area contributed by atoms with E-state index in [1.165, 1.54) is 44.6 Å². The molecular formula is C23H34O3. The van der Waals surface area contributed by atoms with Crippen molar-refractivity contribution in [2.75, 3.05) is 0 Å². The Bertz CT molecular complexity index is 650. The Balaban J connectivity index is 1.59. The number of allylic oxidation sites excluding steroid dienone is 1. The molecule has 0 saturated heterocycles. The first-order valence-electron chi connectivity index (χ1n) is 10.7. The van der Waals surface area contributed by atoms with Gasteiger partial charge in [0.05, 0.1) is 0 Å². The van der Waals surface area contributed by atoms with E-state index in [0.29, 0.717) is 17.1 Å². The highest BCUT2D eigenvalue weighted by molar-refractivity contribution is 5.91. The second-order valence-corrected chi connectivity index (χ2v) is 10.0. The zero-order valence-corrected chi connectivity index (χ0v) is 16.8. The summed E-state index contributed by atoms with van der Waals surface area (Å²) in [5, 5.41) is 0. The summed E-state index contributed by atoms with van der Waals surface area (Å²) >= 11 is 0. The van der Waals surface area contributed by atoms with Crippen LogP contribution in [0.25, 0.3) is 0 Å². The third kappa shape index (κ3) is 2.60. The van der Waals surface area contributed by atoms with Crippen molar-refractivity contribution in [2.45, 2.75) is 85.2 Å². The van der Waals surface area contributed by atoms with Gasteiger partial charge in [-0.3, -0.25) is 9.59 Å². The minimum Gasteiger partial charge on any atom is -0.463 e. The van der Waals surface area contributed by atoms with Crippen LogP contribution in [-0.4, -0.2) is 17.9 Å². The number of ether oxygens (including phenoxy) is 1. The molecule has 0 bridgehead atoms. The molecule has 4 aliphatic carbocycles. The summed E-state index contributed by atoms with van der Waals surface area (Å²) in [5.41, 5.74) is 2.00. The smallest absolute Gasteiger partial charge is 0.302 e. The number of carbonyl (C=O) groups excluding carboxylic acids is 2. The lowest BCUT2D eigenvalue weighted by atomic mass is 9.46. The van der Waals surface area contributed by atoms with Crippen molar-refractivity contribution in [1.29, 1.82) is 0 Å². The Kier molecular flexibility index (Phi) is 4.36. The molecule has 3 saturated carbocycles. The fraction of sp³-hybridized carbons (Fsp3) is 0.826. The number of fused-ring (bicyclic) bond motifs is 5. The molecule has 0 heterocycles. The third-order valence-corrected chi connectivity index (χ3v) is 8.95. The molecule has 7 atom stereocenters. The highest BCUT2D eigenvalue weighted by atomic mass is 16.5. The Labute approximate surface area is 157 Å². The molecule has 144 valence electrons. The normalized spacial score (nSPS) is 45.8. The summed E-state index contributed by atoms with van der Waals surface area (Å²) in [7, 11) is 0. The minimum atomic E-state index is -0.148. The van der Waals surface area contributed by atoms with Crippen molar-refractivity contribution >= 4 is 11.8 Å². The van der Waals surface area contributed by atoms with Crippen molar-refractivity contribution in [1.82, 2.24) is 0 Å². The number of hydrogen-bond donors (Lipinski definition) is 0. The maximum absolute atomic E-state index is 11.9. The first kappa shape index (κ1) is 18.3. The molecule has 3 heteroatoms. The van der Waals surface area contributed by atoms with Crippen LogP contribution < -0.4 is 0 Å². The Morgan fingerprint density at radius 1 is 1.12 bits per heavy atom. The topological polar surface area (TPSA) is 43.4 Å². The van der Waals surface area contributed by atoms with E-state index in [2.05, 4.69) is 20.8 Å². The Morgan fingerprint density at radius 3 is 2.62 bits per heavy atom. The molecule has 0 unspecified atom stereocenters. The van der Waals surface area contributed by atoms with Crippen LogP contribution in [0.5, 0.6) is 0 Å². The van der Waals surface area contributed by atoms with E-state index >= 15 is 0 Å². The van der Waals surface area contributed by atoms with E-state index in [0.717, 1.165) is 37.0 Å². The quantitative estimate of drug-likeness (QED) is 0.646. The number of rotatable bonds is 2. The van der Waals surface area contributed by atoms with Gasteiger partial charge in [-0.05, 0) is 86.5 Å². The lowest BCUT2D eigenvalue weighted by Gasteiger charge is -2.58. The second kappa shape index (κ2) is 6.21. The van der Waals surface area contributed by atoms with E-state index in [1.807, 2.05) is 6.08 Å². The SMILES string of the molecule is CC(=O)O[C@H](C)[C@H]1CC[C@H]2[C@@H]3CCC4=CC(=O)CC[C@]4(C)[C@@H]3CC[C@]12C. The van der Waals surface area contributed by atoms with Crippen LogP contribution in [-0.2, 0) is 14.3 Å². The van der Waals surface area contributed by atoms with E-state index in [1.54, 1.807) is 0 Å². The minimum absolute atomic E-state index is 0.0287. The predicted octanol–water partition coefficient (Wildman–Crippen LogP) is 5.09. The molecule has 4 aliphatic rings. The van der Waals surface area contributed by atoms with Gasteiger partial charge in [0.15, 0.2) is 5.78 Å². The van der Waals surface area contributed by atoms with Crippen LogP contribution in [0.3, 0.4) is 0 Å². The highest BCUT2D eigenvalue weighted by Crippen LogP contribution is 2.67. The Morgan fingerprint density at radius 2 is 1.88 bits per heavy atom. The average molecular weight is 359 g/mol. The summed E-state index contributed by atoms with van der Waals surface area (Å²) in [6, 6.07) is 0. The molecule has 0 aromatic carbocycles. The predicted molar refractivity (Wildman–Crippen MR) is 101 cm³/mol. The van der Waals surface area contributed by atoms with Crippen molar-refractivity contribution in [3.63, 3.8) is 0 Å². The monoisotopic (exact) mass is 358 g/mol. The fourth-order valence-corrected chi connectivity index (χ4v) is 7.71. The van der Waals surface area contributed by atoms with Gasteiger partial charge in [0.2, 0.25) is 0 Å². The molecule has 0 aliphatic heterocycles. The number of carbonyl (C=O) groups is 2. The zero-order chi connectivity index (χ0) is 18.7. The van der Waals surface area contributed by atoms with Gasteiger partial charge in [0.1, 0.15) is 6.10 Å². The van der Waals surface area contributed by atoms with Crippen LogP contribution in [0.2, 0.25) is 0 Å². The van der Waals surface area contributed by atoms with Crippen molar-refractivity contribution in [3.05, 3.63) is 11.6 Å². The maximum Gasteiger partial charge on any atom is 0.302 e. The second-order valence-electron chi connectivity index (χ2n) is 10.0. The van der Waals surface area contributed by atoms with E-state index in [9.17, 15) is 9.59 Å². The van der Waals surface area contributed by atoms with Crippen LogP contribution in [0.1, 0.15) is 79.1 Å². The summed E-state index contributed by atoms with van der Waals surface area (Å²) in [5.74, 6) is 2.95. The van der Waals surface area contributed by atoms with Gasteiger partial charge in [-0.25, -0.2) is 0 Å². The molecule has 0 aromatic heterocycles. The molecule has 3 fully saturated rings. The molecule has 4 rings (SSSR count). The summed E-state index contributed by atoms with van der Waals surface area (Å²) in [6.07, 6.45) is 11.1. The van der Waals surface area contributed by atoms with Crippen LogP contribution in [0, 0.1) is 34.5 Å². The van der Waals surface area contributed by atoms with Crippen molar-refractivity contribution in [3.8, 4) is 0 Å². The van der Waals surface area contributed by atoms with Crippen molar-refractivity contribution < 1.29 is 14.3 Å². The van der Waals surface area contributed by atoms with Gasteiger partial charge < -0.3 is 4.74 Å². The molecule has 0 amide bonds. The first-order valence-corrected chi connectivity index (χ1v) is 10.7. The number of hydrogen-bond acceptors (Lipinski definition) is 3. The first-order chi connectivity index (χ1) is 12.3. The van der Waals surface area contributed by atoms with Crippen LogP contribution in [0.4, 0.5) is 0 Å². The van der Waals surface area contributed by atoms with Gasteiger partial charge in [-0.1, -0.05) is 19.4 Å². The van der Waals surface area contributed by atoms with Crippen molar-refractivity contribution in [2.24, 2.45) is 34.5 Å². The van der Waals surface area contributed by atoms with E-state index in [-0.39, 0.29) is 17.5 Å². The number of ketones is 1. The third-order valence-electron chi connectivity index (χ3n) is 8.95. The van der Waals surface area contributed by atoms with Gasteiger partial charge in [-0.15, -0.1) is 0 Å². The van der Waals surface area contributed by atoms with Gasteiger partial charge in [-0.2, -0.15) is 0 Å². The van der Waals surface area contributed by atoms with Gasteiger partial charge >= 0.3 is 5.97 Å². The lowest BCUT2D eigenvalue weighted by molar-refractivity contribution is -0.152. The molecule has 0 radical (unpaired) electrons. The molecule has 0 spiro atoms. The van der Waals surface area contributed by atoms with Crippen LogP contribution >= 0.6 is 0 Å². The summed E-state index contributed by atoms with van der Waals surface area (Å²) < 4.78 is 5.62. The average Bonchev–Trinajstić information content (AvgIpc) is 2.92. The van der Waals surface area contributed by atoms with E-state index < -0.39 is 0 Å². The zero-order valence-electron chi connectivity index (χ0n) is 16.8. The van der Waals surface area contributed by atoms with Crippen LogP contribution in [0.15, 0.2) is 11.6 Å². The lowest BCUT2D eigenvalue weighted by Crippen LogP contribution is -2.51. The molecule has 3 nitrogen and oxygen atoms in total.